The van der Waals surface area contributed by atoms with Crippen molar-refractivity contribution in [2.24, 2.45) is 7.05 Å². The van der Waals surface area contributed by atoms with Crippen molar-refractivity contribution in [3.05, 3.63) is 82.4 Å². The maximum Gasteiger partial charge on any atom is 0.256 e. The number of nitrogens with one attached hydrogen (secondary N) is 2. The summed E-state index contributed by atoms with van der Waals surface area (Å²) >= 11 is 0. The topological polar surface area (TPSA) is 71.8 Å². The van der Waals surface area contributed by atoms with Crippen LogP contribution < -0.4 is 21.1 Å². The van der Waals surface area contributed by atoms with E-state index in [1.807, 2.05) is 49.0 Å². The van der Waals surface area contributed by atoms with E-state index in [4.69, 9.17) is 0 Å². The molecule has 0 saturated carbocycles. The smallest absolute Gasteiger partial charge is 0.256 e. The largest absolute Gasteiger partial charge is 0.334 e. The predicted molar refractivity (Wildman–Crippen MR) is 123 cm³/mol. The van der Waals surface area contributed by atoms with E-state index in [-0.39, 0.29) is 5.91 Å². The zero-order valence-corrected chi connectivity index (χ0v) is 17.7. The lowest BCUT2D eigenvalue weighted by atomic mass is 10.1. The van der Waals surface area contributed by atoms with Crippen LogP contribution in [0.1, 0.15) is 19.5 Å². The summed E-state index contributed by atoms with van der Waals surface area (Å²) in [5, 5.41) is 7.79. The van der Waals surface area contributed by atoms with Gasteiger partial charge >= 0.3 is 0 Å². The second-order valence-electron chi connectivity index (χ2n) is 7.21. The number of aromatic nitrogens is 3. The van der Waals surface area contributed by atoms with E-state index >= 15 is 0 Å². The number of nitrogens with zero attached hydrogens (tertiary/aromatic N) is 3. The summed E-state index contributed by atoms with van der Waals surface area (Å²) in [5.74, 6) is 0.215. The van der Waals surface area contributed by atoms with E-state index in [1.54, 1.807) is 18.6 Å². The Bertz CT molecular complexity index is 1180. The van der Waals surface area contributed by atoms with Crippen LogP contribution in [0, 0.1) is 0 Å². The molecular weight excluding hydrogens is 374 g/mol. The van der Waals surface area contributed by atoms with Crippen LogP contribution in [0.25, 0.3) is 18.2 Å². The standard InChI is InChI=1S/C24H27N5O/c1-6-18(22-14-26-15-29(22)5)8-20-10-23(27-12-17(20)4)28-24(30)19(7-2)9-21-13-25-11-16(21)3/h6-10,12,14-15,25H,2,4,11,13H2,1,3,5H3,(H,28,30)/b18-6+,19-9+,20-8-. The zero-order valence-electron chi connectivity index (χ0n) is 17.7. The van der Waals surface area contributed by atoms with Gasteiger partial charge in [0.25, 0.3) is 5.91 Å². The highest BCUT2D eigenvalue weighted by molar-refractivity contribution is 6.05. The van der Waals surface area contributed by atoms with Crippen LogP contribution in [0.15, 0.2) is 66.3 Å². The number of hydrogen-bond donors (Lipinski definition) is 2. The van der Waals surface area contributed by atoms with Gasteiger partial charge in [-0.2, -0.15) is 0 Å². The summed E-state index contributed by atoms with van der Waals surface area (Å²) in [6.45, 7) is 13.5. The first kappa shape index (κ1) is 21.2. The van der Waals surface area contributed by atoms with Gasteiger partial charge in [-0.3, -0.25) is 4.79 Å². The molecule has 1 aliphatic heterocycles. The fourth-order valence-electron chi connectivity index (χ4n) is 3.23. The lowest BCUT2D eigenvalue weighted by Crippen LogP contribution is -2.26. The van der Waals surface area contributed by atoms with Gasteiger partial charge in [-0.25, -0.2) is 9.97 Å². The van der Waals surface area contributed by atoms with Gasteiger partial charge in [0.05, 0.1) is 18.2 Å². The van der Waals surface area contributed by atoms with E-state index in [9.17, 15) is 4.79 Å². The lowest BCUT2D eigenvalue weighted by molar-refractivity contribution is -0.112. The molecule has 1 amide bonds. The van der Waals surface area contributed by atoms with Crippen LogP contribution in [-0.2, 0) is 11.8 Å². The highest BCUT2D eigenvalue weighted by atomic mass is 16.1. The molecule has 0 spiro atoms. The van der Waals surface area contributed by atoms with Crippen LogP contribution in [0.4, 0.5) is 5.82 Å². The van der Waals surface area contributed by atoms with Crippen molar-refractivity contribution in [1.29, 1.82) is 0 Å². The quantitative estimate of drug-likeness (QED) is 0.574. The summed E-state index contributed by atoms with van der Waals surface area (Å²) in [4.78, 5) is 21.3. The van der Waals surface area contributed by atoms with Gasteiger partial charge in [0, 0.05) is 31.9 Å². The number of hydrogen-bond acceptors (Lipinski definition) is 4. The van der Waals surface area contributed by atoms with Crippen LogP contribution in [0.2, 0.25) is 0 Å². The van der Waals surface area contributed by atoms with Gasteiger partial charge in [0.1, 0.15) is 5.82 Å². The third-order valence-corrected chi connectivity index (χ3v) is 5.06. The highest BCUT2D eigenvalue weighted by Crippen LogP contribution is 2.15. The molecule has 1 aliphatic rings. The Hall–Kier alpha value is -3.51. The third-order valence-electron chi connectivity index (χ3n) is 5.06. The average molecular weight is 402 g/mol. The maximum atomic E-state index is 12.8. The van der Waals surface area contributed by atoms with Gasteiger partial charge in [-0.05, 0) is 53.6 Å². The maximum absolute atomic E-state index is 12.8. The van der Waals surface area contributed by atoms with E-state index in [0.717, 1.165) is 40.4 Å². The molecule has 0 fully saturated rings. The fraction of sp³-hybridized carbons (Fsp3) is 0.208. The minimum Gasteiger partial charge on any atom is -0.334 e. The predicted octanol–water partition coefficient (Wildman–Crippen LogP) is 2.08. The number of allylic oxidation sites excluding steroid dienone is 2. The average Bonchev–Trinajstić information content (AvgIpc) is 3.34. The summed E-state index contributed by atoms with van der Waals surface area (Å²) in [7, 11) is 1.95. The summed E-state index contributed by atoms with van der Waals surface area (Å²) < 4.78 is 1.95. The van der Waals surface area contributed by atoms with Crippen LogP contribution >= 0.6 is 0 Å². The Labute approximate surface area is 176 Å². The van der Waals surface area contributed by atoms with Gasteiger partial charge in [-0.15, -0.1) is 0 Å². The molecule has 0 aliphatic carbocycles. The SMILES string of the molecule is C=C/C(=C\C1=C(C)CNC1)C(=O)Nc1c/c(=C/C(=C\C)c2cncn2C)c(=C)cn1. The number of carbonyl (C=O) groups excluding carboxylic acids is 1. The molecule has 3 heterocycles. The van der Waals surface area contributed by atoms with Crippen LogP contribution in [0.3, 0.4) is 0 Å². The molecule has 154 valence electrons. The van der Waals surface area contributed by atoms with Gasteiger partial charge in [0.15, 0.2) is 0 Å². The molecule has 0 saturated heterocycles. The number of aryl methyl sites for hydroxylation is 1. The number of rotatable bonds is 6. The summed E-state index contributed by atoms with van der Waals surface area (Å²) in [6.07, 6.45) is 12.7. The number of amides is 1. The van der Waals surface area contributed by atoms with Gasteiger partial charge < -0.3 is 15.2 Å². The minimum atomic E-state index is -0.245. The van der Waals surface area contributed by atoms with E-state index < -0.39 is 0 Å². The molecule has 6 nitrogen and oxygen atoms in total. The number of pyridine rings is 1. The number of anilines is 1. The molecule has 6 heteroatoms. The first-order valence-corrected chi connectivity index (χ1v) is 9.77. The fourth-order valence-corrected chi connectivity index (χ4v) is 3.23. The second-order valence-corrected chi connectivity index (χ2v) is 7.21. The molecule has 0 unspecified atom stereocenters. The molecule has 30 heavy (non-hydrogen) atoms. The monoisotopic (exact) mass is 401 g/mol. The summed E-state index contributed by atoms with van der Waals surface area (Å²) in [6, 6.07) is 1.82. The Balaban J connectivity index is 1.90. The number of imidazole rings is 1. The Kier molecular flexibility index (Phi) is 6.59. The molecule has 0 atom stereocenters. The van der Waals surface area contributed by atoms with Gasteiger partial charge in [0.2, 0.25) is 0 Å². The van der Waals surface area contributed by atoms with Crippen molar-refractivity contribution in [3.63, 3.8) is 0 Å². The van der Waals surface area contributed by atoms with E-state index in [1.165, 1.54) is 5.57 Å². The summed E-state index contributed by atoms with van der Waals surface area (Å²) in [5.41, 5.74) is 4.84. The second kappa shape index (κ2) is 9.33. The molecule has 0 bridgehead atoms. The molecule has 2 N–H and O–H groups in total. The molecule has 0 radical (unpaired) electrons. The normalized spacial score (nSPS) is 15.6. The highest BCUT2D eigenvalue weighted by Gasteiger charge is 2.12. The van der Waals surface area contributed by atoms with Crippen LogP contribution in [0.5, 0.6) is 0 Å². The van der Waals surface area contributed by atoms with Crippen molar-refractivity contribution >= 4 is 30.0 Å². The van der Waals surface area contributed by atoms with Crippen LogP contribution in [-0.4, -0.2) is 33.5 Å². The zero-order chi connectivity index (χ0) is 21.7. The first-order valence-electron chi connectivity index (χ1n) is 9.77. The van der Waals surface area contributed by atoms with Crippen molar-refractivity contribution in [3.8, 4) is 0 Å². The molecule has 0 aromatic carbocycles. The van der Waals surface area contributed by atoms with Crippen molar-refractivity contribution in [2.45, 2.75) is 13.8 Å². The van der Waals surface area contributed by atoms with Crippen molar-refractivity contribution in [2.75, 3.05) is 18.4 Å². The van der Waals surface area contributed by atoms with E-state index in [2.05, 4.69) is 40.7 Å². The molecule has 3 rings (SSSR count). The Morgan fingerprint density at radius 1 is 1.33 bits per heavy atom. The van der Waals surface area contributed by atoms with Crippen molar-refractivity contribution in [1.82, 2.24) is 19.9 Å². The van der Waals surface area contributed by atoms with Crippen molar-refractivity contribution < 1.29 is 4.79 Å². The Morgan fingerprint density at radius 3 is 2.73 bits per heavy atom. The minimum absolute atomic E-state index is 0.245. The lowest BCUT2D eigenvalue weighted by Gasteiger charge is -2.07. The number of carbonyl (C=O) groups is 1. The first-order chi connectivity index (χ1) is 14.4. The molecular formula is C24H27N5O. The van der Waals surface area contributed by atoms with E-state index in [0.29, 0.717) is 11.4 Å². The van der Waals surface area contributed by atoms with Gasteiger partial charge in [-0.1, -0.05) is 30.9 Å². The third kappa shape index (κ3) is 4.72. The molecule has 2 aromatic heterocycles. The Morgan fingerprint density at radius 2 is 2.13 bits per heavy atom. The molecule has 2 aromatic rings.